The van der Waals surface area contributed by atoms with Gasteiger partial charge in [-0.05, 0) is 82.2 Å². The molecule has 2 aromatic carbocycles. The second-order valence-corrected chi connectivity index (χ2v) is 15.3. The third kappa shape index (κ3) is 5.74. The molecule has 4 saturated heterocycles. The molecule has 6 heterocycles. The van der Waals surface area contributed by atoms with Crippen molar-refractivity contribution in [2.75, 3.05) is 45.1 Å². The van der Waals surface area contributed by atoms with Gasteiger partial charge in [0.25, 0.3) is 0 Å². The van der Waals surface area contributed by atoms with Crippen LogP contribution in [0.15, 0.2) is 18.2 Å². The Labute approximate surface area is 302 Å². The summed E-state index contributed by atoms with van der Waals surface area (Å²) < 4.78 is 44.9. The number of likely N-dealkylation sites (tertiary alicyclic amines) is 2. The predicted octanol–water partition coefficient (Wildman–Crippen LogP) is 6.86. The molecular weight excluding hydrogens is 698 g/mol. The lowest BCUT2D eigenvalue weighted by molar-refractivity contribution is 0.0879. The Kier molecular flexibility index (Phi) is 8.73. The highest BCUT2D eigenvalue weighted by Gasteiger charge is 2.45. The maximum atomic E-state index is 17.0. The van der Waals surface area contributed by atoms with Crippen molar-refractivity contribution >= 4 is 55.0 Å². The Hall–Kier alpha value is -4.50. The maximum Gasteiger partial charge on any atom is 0.321 e. The van der Waals surface area contributed by atoms with Gasteiger partial charge >= 0.3 is 12.0 Å². The smallest absolute Gasteiger partial charge is 0.321 e. The fraction of sp³-hybridized carbons (Fsp3) is 0.472. The fourth-order valence-electron chi connectivity index (χ4n) is 8.18. The molecule has 15 heteroatoms. The summed E-state index contributed by atoms with van der Waals surface area (Å²) in [5.41, 5.74) is 6.02. The quantitative estimate of drug-likeness (QED) is 0.225. The molecule has 2 unspecified atom stereocenters. The topological polar surface area (TPSA) is 145 Å². The van der Waals surface area contributed by atoms with Crippen LogP contribution < -0.4 is 15.2 Å². The van der Waals surface area contributed by atoms with E-state index < -0.39 is 23.8 Å². The minimum atomic E-state index is -0.810. The van der Waals surface area contributed by atoms with Gasteiger partial charge < -0.3 is 25.0 Å². The molecule has 4 aromatic rings. The number of fused-ring (bicyclic) bond motifs is 3. The van der Waals surface area contributed by atoms with Crippen molar-refractivity contribution in [3.05, 3.63) is 40.4 Å². The first kappa shape index (κ1) is 33.6. The average molecular weight is 733 g/mol. The van der Waals surface area contributed by atoms with Crippen LogP contribution in [-0.4, -0.2) is 87.7 Å². The van der Waals surface area contributed by atoms with Crippen LogP contribution in [0.25, 0.3) is 32.1 Å². The first-order valence-corrected chi connectivity index (χ1v) is 18.5. The number of nitrogens with two attached hydrogens (primary N) is 1. The van der Waals surface area contributed by atoms with Gasteiger partial charge in [0.05, 0.1) is 38.8 Å². The number of hydrogen-bond acceptors (Lipinski definition) is 10. The number of carbonyl (C=O) groups is 1. The first-order chi connectivity index (χ1) is 24.7. The molecule has 4 fully saturated rings. The second-order valence-electron chi connectivity index (χ2n) is 13.8. The van der Waals surface area contributed by atoms with E-state index in [2.05, 4.69) is 20.9 Å². The lowest BCUT2D eigenvalue weighted by atomic mass is 9.95. The highest BCUT2D eigenvalue weighted by molar-refractivity contribution is 7.23. The van der Waals surface area contributed by atoms with Crippen LogP contribution in [0.3, 0.4) is 0 Å². The number of benzene rings is 2. The number of ether oxygens (including phenoxy) is 2. The summed E-state index contributed by atoms with van der Waals surface area (Å²) in [4.78, 5) is 28.3. The standard InChI is InChI=1S/C36H35ClF2N8O3S/c37-25-15-23-30(29(39)28(25)22-6-7-26(38)31-27(22)24(17-41)32(42)51-31)43-34(49-19-36-9-3-12-46(36)13-4-10-36)44-33(23)50-21-5-1-2-11-45(18-21)35(48)47-14-8-20(47)16-40/h6-7,15,20-21H,1-5,8-14,18-19,42H2. The van der Waals surface area contributed by atoms with Crippen molar-refractivity contribution in [3.8, 4) is 35.2 Å². The lowest BCUT2D eigenvalue weighted by Crippen LogP contribution is -2.56. The molecule has 0 spiro atoms. The number of nitrogen functional groups attached to an aromatic ring is 1. The van der Waals surface area contributed by atoms with Gasteiger partial charge in [0.2, 0.25) is 5.88 Å². The molecule has 11 nitrogen and oxygen atoms in total. The van der Waals surface area contributed by atoms with E-state index >= 15 is 4.39 Å². The number of hydrogen-bond donors (Lipinski definition) is 1. The van der Waals surface area contributed by atoms with E-state index in [9.17, 15) is 19.7 Å². The van der Waals surface area contributed by atoms with Crippen LogP contribution >= 0.6 is 22.9 Å². The zero-order chi connectivity index (χ0) is 35.4. The van der Waals surface area contributed by atoms with Crippen molar-refractivity contribution in [3.63, 3.8) is 0 Å². The molecule has 2 aromatic heterocycles. The van der Waals surface area contributed by atoms with Crippen LogP contribution in [0.1, 0.15) is 56.9 Å². The van der Waals surface area contributed by atoms with Gasteiger partial charge in [-0.1, -0.05) is 17.7 Å². The van der Waals surface area contributed by atoms with Crippen LogP contribution in [0.4, 0.5) is 18.6 Å². The molecule has 8 rings (SSSR count). The van der Waals surface area contributed by atoms with Gasteiger partial charge in [-0.3, -0.25) is 4.90 Å². The number of anilines is 1. The average Bonchev–Trinajstić information content (AvgIpc) is 3.72. The Morgan fingerprint density at radius 3 is 2.63 bits per heavy atom. The van der Waals surface area contributed by atoms with Crippen molar-refractivity contribution in [1.82, 2.24) is 24.7 Å². The number of urea groups is 1. The van der Waals surface area contributed by atoms with E-state index in [0.29, 0.717) is 32.5 Å². The Morgan fingerprint density at radius 2 is 1.90 bits per heavy atom. The fourth-order valence-corrected chi connectivity index (χ4v) is 9.42. The second kappa shape index (κ2) is 13.2. The molecule has 0 radical (unpaired) electrons. The molecule has 4 aliphatic rings. The Bertz CT molecular complexity index is 2140. The maximum absolute atomic E-state index is 17.0. The van der Waals surface area contributed by atoms with E-state index in [1.165, 1.54) is 18.2 Å². The van der Waals surface area contributed by atoms with Crippen LogP contribution in [0.2, 0.25) is 5.02 Å². The summed E-state index contributed by atoms with van der Waals surface area (Å²) in [7, 11) is 0. The van der Waals surface area contributed by atoms with E-state index in [0.717, 1.165) is 63.0 Å². The minimum Gasteiger partial charge on any atom is -0.472 e. The SMILES string of the molecule is N#Cc1c(N)sc2c(F)ccc(-c3c(Cl)cc4c(OC5CCCCN(C(=O)N6CCC6C#N)C5)nc(OCC56CCCN5CCC6)nc4c3F)c12. The zero-order valence-electron chi connectivity index (χ0n) is 27.8. The normalized spacial score (nSPS) is 21.6. The summed E-state index contributed by atoms with van der Waals surface area (Å²) in [6.07, 6.45) is 6.43. The minimum absolute atomic E-state index is 0.0203. The molecule has 2 N–H and O–H groups in total. The summed E-state index contributed by atoms with van der Waals surface area (Å²) in [5, 5.41) is 19.8. The van der Waals surface area contributed by atoms with Crippen molar-refractivity contribution < 1.29 is 23.0 Å². The monoisotopic (exact) mass is 732 g/mol. The van der Waals surface area contributed by atoms with Gasteiger partial charge in [-0.15, -0.1) is 11.3 Å². The molecular formula is C36H35ClF2N8O3S. The number of thiophene rings is 1. The zero-order valence-corrected chi connectivity index (χ0v) is 29.3. The molecule has 264 valence electrons. The molecule has 0 bridgehead atoms. The van der Waals surface area contributed by atoms with Gasteiger partial charge in [0, 0.05) is 24.0 Å². The summed E-state index contributed by atoms with van der Waals surface area (Å²) >= 11 is 7.76. The number of nitrogens with zero attached hydrogens (tertiary/aromatic N) is 7. The van der Waals surface area contributed by atoms with Gasteiger partial charge in [-0.25, -0.2) is 13.6 Å². The highest BCUT2D eigenvalue weighted by Crippen LogP contribution is 2.46. The summed E-state index contributed by atoms with van der Waals surface area (Å²) in [5.74, 6) is -1.33. The van der Waals surface area contributed by atoms with Gasteiger partial charge in [0.15, 0.2) is 5.82 Å². The number of nitriles is 2. The van der Waals surface area contributed by atoms with Gasteiger partial charge in [0.1, 0.15) is 41.2 Å². The molecule has 2 atom stereocenters. The van der Waals surface area contributed by atoms with Crippen molar-refractivity contribution in [1.29, 1.82) is 10.5 Å². The summed E-state index contributed by atoms with van der Waals surface area (Å²) in [6, 6.07) is 7.62. The van der Waals surface area contributed by atoms with E-state index in [1.807, 2.05) is 6.07 Å². The molecule has 0 saturated carbocycles. The number of amides is 2. The number of rotatable bonds is 6. The Morgan fingerprint density at radius 1 is 1.10 bits per heavy atom. The number of aromatic nitrogens is 2. The third-order valence-electron chi connectivity index (χ3n) is 10.9. The van der Waals surface area contributed by atoms with Gasteiger partial charge in [-0.2, -0.15) is 20.5 Å². The molecule has 51 heavy (non-hydrogen) atoms. The van der Waals surface area contributed by atoms with E-state index in [-0.39, 0.29) is 77.7 Å². The largest absolute Gasteiger partial charge is 0.472 e. The Balaban J connectivity index is 1.21. The summed E-state index contributed by atoms with van der Waals surface area (Å²) in [6.45, 7) is 3.65. The molecule has 4 aliphatic heterocycles. The number of halogens is 3. The van der Waals surface area contributed by atoms with Crippen LogP contribution in [0, 0.1) is 34.3 Å². The molecule has 2 amide bonds. The van der Waals surface area contributed by atoms with Crippen molar-refractivity contribution in [2.24, 2.45) is 0 Å². The van der Waals surface area contributed by atoms with Crippen LogP contribution in [0.5, 0.6) is 11.9 Å². The van der Waals surface area contributed by atoms with Crippen molar-refractivity contribution in [2.45, 2.75) is 69.1 Å². The van der Waals surface area contributed by atoms with E-state index in [1.54, 1.807) is 9.80 Å². The highest BCUT2D eigenvalue weighted by atomic mass is 35.5. The molecule has 0 aliphatic carbocycles. The first-order valence-electron chi connectivity index (χ1n) is 17.3. The van der Waals surface area contributed by atoms with Crippen LogP contribution in [-0.2, 0) is 0 Å². The predicted molar refractivity (Wildman–Crippen MR) is 189 cm³/mol. The number of carbonyl (C=O) groups excluding carboxylic acids is 1. The third-order valence-corrected chi connectivity index (χ3v) is 12.2. The van der Waals surface area contributed by atoms with E-state index in [4.69, 9.17) is 26.8 Å². The lowest BCUT2D eigenvalue weighted by Gasteiger charge is -2.40.